The molecule has 8 nitrogen and oxygen atoms in total. The first-order chi connectivity index (χ1) is 14.9. The lowest BCUT2D eigenvalue weighted by molar-refractivity contribution is -0.114. The highest BCUT2D eigenvalue weighted by Gasteiger charge is 2.12. The standard InChI is InChI=1S/C21H18FN5O3S/c1-13(28)23-14-5-4-6-15(11-14)24-19(29)12-31-20-10-9-18(26-27-20)25-21(30)16-7-2-3-8-17(16)22/h2-11H,12H2,1H3,(H,23,28)(H,24,29)(H,25,26,30). The fourth-order valence-corrected chi connectivity index (χ4v) is 3.12. The van der Waals surface area contributed by atoms with Crippen LogP contribution in [0.3, 0.4) is 0 Å². The maximum absolute atomic E-state index is 13.7. The number of nitrogens with zero attached hydrogens (tertiary/aromatic N) is 2. The fraction of sp³-hybridized carbons (Fsp3) is 0.0952. The van der Waals surface area contributed by atoms with E-state index in [4.69, 9.17) is 0 Å². The molecule has 0 aliphatic carbocycles. The van der Waals surface area contributed by atoms with Gasteiger partial charge >= 0.3 is 0 Å². The zero-order valence-electron chi connectivity index (χ0n) is 16.4. The van der Waals surface area contributed by atoms with Crippen molar-refractivity contribution in [1.29, 1.82) is 0 Å². The van der Waals surface area contributed by atoms with Gasteiger partial charge in [0.1, 0.15) is 10.8 Å². The van der Waals surface area contributed by atoms with Gasteiger partial charge in [0.15, 0.2) is 5.82 Å². The first kappa shape index (κ1) is 21.9. The molecule has 0 radical (unpaired) electrons. The van der Waals surface area contributed by atoms with E-state index in [0.717, 1.165) is 11.8 Å². The highest BCUT2D eigenvalue weighted by atomic mass is 32.2. The van der Waals surface area contributed by atoms with Crippen molar-refractivity contribution < 1.29 is 18.8 Å². The number of carbonyl (C=O) groups excluding carboxylic acids is 3. The molecule has 1 aromatic heterocycles. The highest BCUT2D eigenvalue weighted by Crippen LogP contribution is 2.18. The predicted molar refractivity (Wildman–Crippen MR) is 116 cm³/mol. The Bertz CT molecular complexity index is 1110. The summed E-state index contributed by atoms with van der Waals surface area (Å²) in [6, 6.07) is 15.5. The van der Waals surface area contributed by atoms with Crippen LogP contribution in [0.15, 0.2) is 65.7 Å². The molecule has 3 amide bonds. The Kier molecular flexibility index (Phi) is 7.28. The third kappa shape index (κ3) is 6.61. The van der Waals surface area contributed by atoms with Crippen molar-refractivity contribution in [1.82, 2.24) is 10.2 Å². The maximum atomic E-state index is 13.7. The lowest BCUT2D eigenvalue weighted by Crippen LogP contribution is -2.15. The molecule has 0 spiro atoms. The minimum absolute atomic E-state index is 0.0833. The molecule has 3 N–H and O–H groups in total. The fourth-order valence-electron chi connectivity index (χ4n) is 2.51. The minimum Gasteiger partial charge on any atom is -0.326 e. The number of nitrogens with one attached hydrogen (secondary N) is 3. The van der Waals surface area contributed by atoms with E-state index in [0.29, 0.717) is 16.4 Å². The zero-order valence-corrected chi connectivity index (χ0v) is 17.2. The Morgan fingerprint density at radius 3 is 2.32 bits per heavy atom. The van der Waals surface area contributed by atoms with Crippen molar-refractivity contribution in [3.05, 3.63) is 72.0 Å². The molecule has 0 fully saturated rings. The van der Waals surface area contributed by atoms with E-state index in [1.165, 1.54) is 31.2 Å². The molecular formula is C21H18FN5O3S. The number of amides is 3. The molecule has 0 aliphatic rings. The van der Waals surface area contributed by atoms with Gasteiger partial charge in [-0.15, -0.1) is 10.2 Å². The van der Waals surface area contributed by atoms with Crippen molar-refractivity contribution in [2.75, 3.05) is 21.7 Å². The average Bonchev–Trinajstić information content (AvgIpc) is 2.73. The van der Waals surface area contributed by atoms with Crippen molar-refractivity contribution in [3.63, 3.8) is 0 Å². The molecule has 10 heteroatoms. The minimum atomic E-state index is -0.631. The van der Waals surface area contributed by atoms with E-state index in [1.54, 1.807) is 36.4 Å². The van der Waals surface area contributed by atoms with Gasteiger partial charge in [-0.05, 0) is 42.5 Å². The summed E-state index contributed by atoms with van der Waals surface area (Å²) in [5.74, 6) is -1.48. The number of thioether (sulfide) groups is 1. The maximum Gasteiger partial charge on any atom is 0.259 e. The number of anilines is 3. The Hall–Kier alpha value is -3.79. The summed E-state index contributed by atoms with van der Waals surface area (Å²) in [6.07, 6.45) is 0. The van der Waals surface area contributed by atoms with Crippen LogP contribution >= 0.6 is 11.8 Å². The molecule has 158 valence electrons. The molecular weight excluding hydrogens is 421 g/mol. The molecule has 0 saturated carbocycles. The van der Waals surface area contributed by atoms with Crippen LogP contribution in [0.4, 0.5) is 21.6 Å². The summed E-state index contributed by atoms with van der Waals surface area (Å²) >= 11 is 1.16. The summed E-state index contributed by atoms with van der Waals surface area (Å²) < 4.78 is 13.7. The Morgan fingerprint density at radius 1 is 0.903 bits per heavy atom. The van der Waals surface area contributed by atoms with Crippen LogP contribution in [0.25, 0.3) is 0 Å². The van der Waals surface area contributed by atoms with Gasteiger partial charge in [0, 0.05) is 18.3 Å². The van der Waals surface area contributed by atoms with E-state index in [-0.39, 0.29) is 28.9 Å². The summed E-state index contributed by atoms with van der Waals surface area (Å²) in [4.78, 5) is 35.4. The summed E-state index contributed by atoms with van der Waals surface area (Å²) in [6.45, 7) is 1.40. The number of aromatic nitrogens is 2. The molecule has 3 aromatic rings. The van der Waals surface area contributed by atoms with Crippen LogP contribution in [0.2, 0.25) is 0 Å². The lowest BCUT2D eigenvalue weighted by Gasteiger charge is -2.08. The zero-order chi connectivity index (χ0) is 22.2. The quantitative estimate of drug-likeness (QED) is 0.485. The van der Waals surface area contributed by atoms with Crippen molar-refractivity contribution in [3.8, 4) is 0 Å². The molecule has 0 unspecified atom stereocenters. The van der Waals surface area contributed by atoms with E-state index >= 15 is 0 Å². The Labute approximate surface area is 181 Å². The number of benzene rings is 2. The van der Waals surface area contributed by atoms with Crippen molar-refractivity contribution in [2.24, 2.45) is 0 Å². The third-order valence-corrected chi connectivity index (χ3v) is 4.74. The third-order valence-electron chi connectivity index (χ3n) is 3.82. The van der Waals surface area contributed by atoms with Crippen LogP contribution in [0.1, 0.15) is 17.3 Å². The second-order valence-corrected chi connectivity index (χ2v) is 7.29. The smallest absolute Gasteiger partial charge is 0.259 e. The second kappa shape index (κ2) is 10.3. The van der Waals surface area contributed by atoms with Crippen LogP contribution in [0.5, 0.6) is 0 Å². The van der Waals surface area contributed by atoms with Gasteiger partial charge in [-0.1, -0.05) is 30.0 Å². The van der Waals surface area contributed by atoms with E-state index < -0.39 is 11.7 Å². The summed E-state index contributed by atoms with van der Waals surface area (Å²) in [5, 5.41) is 16.2. The number of rotatable bonds is 7. The molecule has 0 bridgehead atoms. The summed E-state index contributed by atoms with van der Waals surface area (Å²) in [7, 11) is 0. The van der Waals surface area contributed by atoms with Crippen LogP contribution in [-0.4, -0.2) is 33.7 Å². The normalized spacial score (nSPS) is 10.3. The number of hydrogen-bond donors (Lipinski definition) is 3. The van der Waals surface area contributed by atoms with E-state index in [2.05, 4.69) is 26.1 Å². The first-order valence-corrected chi connectivity index (χ1v) is 10.1. The highest BCUT2D eigenvalue weighted by molar-refractivity contribution is 7.99. The average molecular weight is 439 g/mol. The topological polar surface area (TPSA) is 113 Å². The lowest BCUT2D eigenvalue weighted by atomic mass is 10.2. The van der Waals surface area contributed by atoms with E-state index in [1.807, 2.05) is 0 Å². The van der Waals surface area contributed by atoms with Gasteiger partial charge in [0.25, 0.3) is 5.91 Å². The number of halogens is 1. The molecule has 2 aromatic carbocycles. The summed E-state index contributed by atoms with van der Waals surface area (Å²) in [5.41, 5.74) is 1.04. The van der Waals surface area contributed by atoms with Gasteiger partial charge in [0.05, 0.1) is 11.3 Å². The number of hydrogen-bond acceptors (Lipinski definition) is 6. The van der Waals surface area contributed by atoms with E-state index in [9.17, 15) is 18.8 Å². The molecule has 0 atom stereocenters. The molecule has 1 heterocycles. The van der Waals surface area contributed by atoms with Gasteiger partial charge in [-0.25, -0.2) is 4.39 Å². The number of carbonyl (C=O) groups is 3. The second-order valence-electron chi connectivity index (χ2n) is 6.29. The molecule has 31 heavy (non-hydrogen) atoms. The van der Waals surface area contributed by atoms with Gasteiger partial charge in [-0.3, -0.25) is 14.4 Å². The molecule has 3 rings (SSSR count). The van der Waals surface area contributed by atoms with Crippen LogP contribution in [-0.2, 0) is 9.59 Å². The van der Waals surface area contributed by atoms with Gasteiger partial charge < -0.3 is 16.0 Å². The monoisotopic (exact) mass is 439 g/mol. The SMILES string of the molecule is CC(=O)Nc1cccc(NC(=O)CSc2ccc(NC(=O)c3ccccc3F)nn2)c1. The predicted octanol–water partition coefficient (Wildman–Crippen LogP) is 3.56. The Morgan fingerprint density at radius 2 is 1.65 bits per heavy atom. The van der Waals surface area contributed by atoms with Crippen LogP contribution in [0, 0.1) is 5.82 Å². The first-order valence-electron chi connectivity index (χ1n) is 9.10. The van der Waals surface area contributed by atoms with Gasteiger partial charge in [0.2, 0.25) is 11.8 Å². The largest absolute Gasteiger partial charge is 0.326 e. The molecule has 0 aliphatic heterocycles. The van der Waals surface area contributed by atoms with Gasteiger partial charge in [-0.2, -0.15) is 0 Å². The van der Waals surface area contributed by atoms with Crippen LogP contribution < -0.4 is 16.0 Å². The van der Waals surface area contributed by atoms with Crippen molar-refractivity contribution >= 4 is 46.7 Å². The Balaban J connectivity index is 1.51. The van der Waals surface area contributed by atoms with Crippen molar-refractivity contribution in [2.45, 2.75) is 11.9 Å². The molecule has 0 saturated heterocycles.